The molecule has 0 fully saturated rings. The Morgan fingerprint density at radius 3 is 2.50 bits per heavy atom. The van der Waals surface area contributed by atoms with Crippen molar-refractivity contribution in [3.63, 3.8) is 0 Å². The normalized spacial score (nSPS) is 11.5. The highest BCUT2D eigenvalue weighted by molar-refractivity contribution is 14.1. The zero-order valence-corrected chi connectivity index (χ0v) is 13.6. The van der Waals surface area contributed by atoms with E-state index in [4.69, 9.17) is 0 Å². The van der Waals surface area contributed by atoms with Gasteiger partial charge in [-0.25, -0.2) is 0 Å². The zero-order chi connectivity index (χ0) is 14.7. The Labute approximate surface area is 130 Å². The predicted octanol–water partition coefficient (Wildman–Crippen LogP) is 1.76. The summed E-state index contributed by atoms with van der Waals surface area (Å²) in [7, 11) is 3.70. The smallest absolute Gasteiger partial charge is 0.192 e. The third-order valence-corrected chi connectivity index (χ3v) is 3.27. The average Bonchev–Trinajstić information content (AvgIpc) is 2.85. The molecule has 0 radical (unpaired) electrons. The summed E-state index contributed by atoms with van der Waals surface area (Å²) in [4.78, 5) is 13.6. The van der Waals surface area contributed by atoms with E-state index in [0.717, 1.165) is 9.26 Å². The first-order valence-corrected chi connectivity index (χ1v) is 7.01. The fourth-order valence-corrected chi connectivity index (χ4v) is 2.04. The van der Waals surface area contributed by atoms with Crippen LogP contribution < -0.4 is 0 Å². The maximum absolute atomic E-state index is 11.8. The van der Waals surface area contributed by atoms with E-state index in [1.807, 2.05) is 38.4 Å². The van der Waals surface area contributed by atoms with Gasteiger partial charge >= 0.3 is 0 Å². The van der Waals surface area contributed by atoms with Crippen molar-refractivity contribution < 1.29 is 4.79 Å². The number of nitrogens with zero attached hydrogens (tertiary/aromatic N) is 5. The highest BCUT2D eigenvalue weighted by Crippen LogP contribution is 2.17. The third-order valence-electron chi connectivity index (χ3n) is 2.55. The molecule has 1 heterocycles. The van der Waals surface area contributed by atoms with Crippen LogP contribution in [-0.2, 0) is 4.79 Å². The van der Waals surface area contributed by atoms with Gasteiger partial charge in [-0.1, -0.05) is 0 Å². The summed E-state index contributed by atoms with van der Waals surface area (Å²) in [6.07, 6.45) is 1.72. The number of halogens is 1. The van der Waals surface area contributed by atoms with Gasteiger partial charge in [0.2, 0.25) is 0 Å². The zero-order valence-electron chi connectivity index (χ0n) is 11.4. The molecule has 1 aromatic heterocycles. The van der Waals surface area contributed by atoms with Crippen molar-refractivity contribution in [1.29, 1.82) is 0 Å². The van der Waals surface area contributed by atoms with E-state index >= 15 is 0 Å². The molecule has 0 aliphatic heterocycles. The molecule has 0 spiro atoms. The van der Waals surface area contributed by atoms with Gasteiger partial charge in [0.25, 0.3) is 0 Å². The minimum atomic E-state index is -0.0831. The Bertz CT molecular complexity index is 645. The van der Waals surface area contributed by atoms with Gasteiger partial charge in [0.15, 0.2) is 11.6 Å². The van der Waals surface area contributed by atoms with Crippen LogP contribution in [0.4, 0.5) is 0 Å². The summed E-state index contributed by atoms with van der Waals surface area (Å²) in [6, 6.07) is 7.75. The van der Waals surface area contributed by atoms with E-state index in [1.165, 1.54) is 6.92 Å². The van der Waals surface area contributed by atoms with Gasteiger partial charge in [-0.15, -0.1) is 5.10 Å². The molecule has 0 saturated heterocycles. The lowest BCUT2D eigenvalue weighted by atomic mass is 10.2. The van der Waals surface area contributed by atoms with Crippen molar-refractivity contribution in [3.05, 3.63) is 39.9 Å². The molecule has 2 rings (SSSR count). The van der Waals surface area contributed by atoms with E-state index in [2.05, 4.69) is 38.1 Å². The molecular formula is C13H14IN5O. The summed E-state index contributed by atoms with van der Waals surface area (Å²) in [5.74, 6) is 0.354. The molecule has 0 atom stereocenters. The monoisotopic (exact) mass is 383 g/mol. The van der Waals surface area contributed by atoms with Gasteiger partial charge in [-0.05, 0) is 64.2 Å². The first-order valence-electron chi connectivity index (χ1n) is 5.93. The quantitative estimate of drug-likeness (QED) is 0.595. The topological polar surface area (TPSA) is 63.9 Å². The number of allylic oxidation sites excluding steroid dienone is 1. The van der Waals surface area contributed by atoms with Crippen molar-refractivity contribution in [2.24, 2.45) is 0 Å². The lowest BCUT2D eigenvalue weighted by Crippen LogP contribution is -2.11. The van der Waals surface area contributed by atoms with Crippen LogP contribution >= 0.6 is 22.6 Å². The van der Waals surface area contributed by atoms with E-state index < -0.39 is 0 Å². The van der Waals surface area contributed by atoms with Crippen molar-refractivity contribution in [2.75, 3.05) is 14.1 Å². The maximum atomic E-state index is 11.8. The van der Waals surface area contributed by atoms with Crippen molar-refractivity contribution in [3.8, 4) is 5.69 Å². The minimum absolute atomic E-state index is 0.0831. The fraction of sp³-hybridized carbons (Fsp3) is 0.231. The summed E-state index contributed by atoms with van der Waals surface area (Å²) in [6.45, 7) is 1.50. The minimum Gasteiger partial charge on any atom is -0.383 e. The lowest BCUT2D eigenvalue weighted by Gasteiger charge is -2.10. The molecule has 1 aromatic carbocycles. The highest BCUT2D eigenvalue weighted by atomic mass is 127. The summed E-state index contributed by atoms with van der Waals surface area (Å²) >= 11 is 2.23. The molecule has 0 unspecified atom stereocenters. The average molecular weight is 383 g/mol. The molecule has 2 aromatic rings. The van der Waals surface area contributed by atoms with Gasteiger partial charge in [-0.3, -0.25) is 4.79 Å². The fourth-order valence-electron chi connectivity index (χ4n) is 1.68. The van der Waals surface area contributed by atoms with Crippen molar-refractivity contribution in [2.45, 2.75) is 6.92 Å². The molecule has 0 aliphatic carbocycles. The van der Waals surface area contributed by atoms with Crippen LogP contribution in [0.5, 0.6) is 0 Å². The molecule has 0 bridgehead atoms. The van der Waals surface area contributed by atoms with Gasteiger partial charge in [-0.2, -0.15) is 4.68 Å². The summed E-state index contributed by atoms with van der Waals surface area (Å²) < 4.78 is 2.68. The predicted molar refractivity (Wildman–Crippen MR) is 84.2 cm³/mol. The Morgan fingerprint density at radius 2 is 1.95 bits per heavy atom. The van der Waals surface area contributed by atoms with E-state index in [-0.39, 0.29) is 5.78 Å². The molecule has 0 aliphatic rings. The van der Waals surface area contributed by atoms with Crippen molar-refractivity contribution >= 4 is 33.9 Å². The Morgan fingerprint density at radius 1 is 1.30 bits per heavy atom. The van der Waals surface area contributed by atoms with Gasteiger partial charge < -0.3 is 4.90 Å². The maximum Gasteiger partial charge on any atom is 0.192 e. The van der Waals surface area contributed by atoms with Crippen LogP contribution in [0.1, 0.15) is 12.7 Å². The number of Topliss-reactive ketones (excluding diaryl/α,β-unsaturated/α-hetero) is 1. The first-order chi connectivity index (χ1) is 9.49. The highest BCUT2D eigenvalue weighted by Gasteiger charge is 2.17. The molecule has 0 amide bonds. The number of ketones is 1. The van der Waals surface area contributed by atoms with Crippen LogP contribution in [0.15, 0.2) is 30.5 Å². The number of tetrazole rings is 1. The number of rotatable bonds is 4. The number of carbonyl (C=O) groups is 1. The van der Waals surface area contributed by atoms with Crippen LogP contribution in [0.3, 0.4) is 0 Å². The Hall–Kier alpha value is -1.77. The SMILES string of the molecule is CC(=O)/C(=C\N(C)C)c1nnnn1-c1ccc(I)cc1. The second-order valence-electron chi connectivity index (χ2n) is 4.45. The lowest BCUT2D eigenvalue weighted by molar-refractivity contribution is -0.111. The third kappa shape index (κ3) is 3.21. The summed E-state index contributed by atoms with van der Waals surface area (Å²) in [5, 5.41) is 11.6. The van der Waals surface area contributed by atoms with Crippen LogP contribution in [-0.4, -0.2) is 45.0 Å². The van der Waals surface area contributed by atoms with Crippen LogP contribution in [0.25, 0.3) is 11.3 Å². The van der Waals surface area contributed by atoms with Gasteiger partial charge in [0.1, 0.15) is 0 Å². The van der Waals surface area contributed by atoms with Crippen LogP contribution in [0.2, 0.25) is 0 Å². The van der Waals surface area contributed by atoms with E-state index in [1.54, 1.807) is 15.8 Å². The molecule has 0 saturated carbocycles. The van der Waals surface area contributed by atoms with Crippen LogP contribution in [0, 0.1) is 3.57 Å². The molecular weight excluding hydrogens is 369 g/mol. The van der Waals surface area contributed by atoms with Crippen molar-refractivity contribution in [1.82, 2.24) is 25.1 Å². The Balaban J connectivity index is 2.51. The summed E-state index contributed by atoms with van der Waals surface area (Å²) in [5.41, 5.74) is 1.29. The number of hydrogen-bond acceptors (Lipinski definition) is 5. The largest absolute Gasteiger partial charge is 0.383 e. The van der Waals surface area contributed by atoms with Gasteiger partial charge in [0.05, 0.1) is 11.3 Å². The Kier molecular flexibility index (Phi) is 4.48. The molecule has 104 valence electrons. The second-order valence-corrected chi connectivity index (χ2v) is 5.70. The van der Waals surface area contributed by atoms with Gasteiger partial charge in [0, 0.05) is 23.9 Å². The standard InChI is InChI=1S/C13H14IN5O/c1-9(20)12(8-18(2)3)13-15-16-17-19(13)11-6-4-10(14)5-7-11/h4-8H,1-3H3/b12-8+. The van der Waals surface area contributed by atoms with E-state index in [9.17, 15) is 4.79 Å². The number of hydrogen-bond donors (Lipinski definition) is 0. The number of carbonyl (C=O) groups excluding carboxylic acids is 1. The molecule has 0 N–H and O–H groups in total. The molecule has 6 nitrogen and oxygen atoms in total. The number of aromatic nitrogens is 4. The molecule has 7 heteroatoms. The first kappa shape index (κ1) is 14.6. The second kappa shape index (κ2) is 6.12. The molecule has 20 heavy (non-hydrogen) atoms. The van der Waals surface area contributed by atoms with E-state index in [0.29, 0.717) is 11.4 Å². The number of benzene rings is 1.